The minimum atomic E-state index is 0.813. The lowest BCUT2D eigenvalue weighted by Crippen LogP contribution is -2.25. The van der Waals surface area contributed by atoms with Gasteiger partial charge in [0, 0.05) is 16.7 Å². The van der Waals surface area contributed by atoms with Crippen molar-refractivity contribution in [2.24, 2.45) is 0 Å². The highest BCUT2D eigenvalue weighted by Gasteiger charge is 2.15. The average Bonchev–Trinajstić information content (AvgIpc) is 2.75. The van der Waals surface area contributed by atoms with Crippen LogP contribution in [-0.2, 0) is 0 Å². The zero-order chi connectivity index (χ0) is 19.8. The molecular weight excluding hydrogens is 358 g/mol. The summed E-state index contributed by atoms with van der Waals surface area (Å²) in [6.45, 7) is 9.99. The SMILES string of the molecule is CCN(CC)CC(C)=C(c1ccccc1)c1ccc(SC2CCCCC2)cc1. The summed E-state index contributed by atoms with van der Waals surface area (Å²) in [5, 5.41) is 0.813. The van der Waals surface area contributed by atoms with Crippen molar-refractivity contribution in [1.29, 1.82) is 0 Å². The van der Waals surface area contributed by atoms with Crippen LogP contribution in [0, 0.1) is 0 Å². The summed E-state index contributed by atoms with van der Waals surface area (Å²) in [7, 11) is 0. The standard InChI is InChI=1S/C26H35NS/c1-4-27(5-2)20-21(3)26(22-12-8-6-9-13-22)23-16-18-25(19-17-23)28-24-14-10-7-11-15-24/h6,8-9,12-13,16-19,24H,4-5,7,10-11,14-15,20H2,1-3H3. The Hall–Kier alpha value is -1.51. The van der Waals surface area contributed by atoms with E-state index < -0.39 is 0 Å². The second-order valence-electron chi connectivity index (χ2n) is 7.88. The predicted octanol–water partition coefficient (Wildman–Crippen LogP) is 7.28. The summed E-state index contributed by atoms with van der Waals surface area (Å²) in [4.78, 5) is 3.91. The molecule has 0 N–H and O–H groups in total. The van der Waals surface area contributed by atoms with Crippen LogP contribution < -0.4 is 0 Å². The van der Waals surface area contributed by atoms with Crippen molar-refractivity contribution in [3.63, 3.8) is 0 Å². The first-order valence-electron chi connectivity index (χ1n) is 11.0. The van der Waals surface area contributed by atoms with Gasteiger partial charge in [-0.15, -0.1) is 11.8 Å². The summed E-state index contributed by atoms with van der Waals surface area (Å²) in [5.74, 6) is 0. The van der Waals surface area contributed by atoms with E-state index in [1.807, 2.05) is 0 Å². The number of rotatable bonds is 8. The molecular formula is C26H35NS. The molecule has 2 aromatic rings. The summed E-state index contributed by atoms with van der Waals surface area (Å²) in [5.41, 5.74) is 5.49. The highest BCUT2D eigenvalue weighted by Crippen LogP contribution is 2.35. The summed E-state index contributed by atoms with van der Waals surface area (Å²) in [6, 6.07) is 20.2. The van der Waals surface area contributed by atoms with Gasteiger partial charge < -0.3 is 0 Å². The van der Waals surface area contributed by atoms with E-state index >= 15 is 0 Å². The van der Waals surface area contributed by atoms with E-state index in [1.165, 1.54) is 59.3 Å². The van der Waals surface area contributed by atoms with Crippen LogP contribution >= 0.6 is 11.8 Å². The largest absolute Gasteiger partial charge is 0.300 e. The van der Waals surface area contributed by atoms with Gasteiger partial charge in [-0.25, -0.2) is 0 Å². The maximum absolute atomic E-state index is 2.49. The topological polar surface area (TPSA) is 3.24 Å². The predicted molar refractivity (Wildman–Crippen MR) is 125 cm³/mol. The lowest BCUT2D eigenvalue weighted by atomic mass is 9.93. The molecule has 0 amide bonds. The van der Waals surface area contributed by atoms with Crippen molar-refractivity contribution < 1.29 is 0 Å². The van der Waals surface area contributed by atoms with Crippen molar-refractivity contribution >= 4 is 17.3 Å². The highest BCUT2D eigenvalue weighted by atomic mass is 32.2. The zero-order valence-electron chi connectivity index (χ0n) is 17.8. The normalized spacial score (nSPS) is 16.3. The molecule has 0 atom stereocenters. The number of nitrogens with zero attached hydrogens (tertiary/aromatic N) is 1. The zero-order valence-corrected chi connectivity index (χ0v) is 18.6. The fraction of sp³-hybridized carbons (Fsp3) is 0.462. The fourth-order valence-electron chi connectivity index (χ4n) is 4.20. The Morgan fingerprint density at radius 2 is 1.46 bits per heavy atom. The van der Waals surface area contributed by atoms with Crippen molar-refractivity contribution in [2.75, 3.05) is 19.6 Å². The molecule has 150 valence electrons. The van der Waals surface area contributed by atoms with Gasteiger partial charge in [-0.2, -0.15) is 0 Å². The van der Waals surface area contributed by atoms with Crippen molar-refractivity contribution in [1.82, 2.24) is 4.90 Å². The molecule has 3 rings (SSSR count). The van der Waals surface area contributed by atoms with Crippen LogP contribution in [0.4, 0.5) is 0 Å². The van der Waals surface area contributed by atoms with Gasteiger partial charge in [0.05, 0.1) is 0 Å². The lowest BCUT2D eigenvalue weighted by molar-refractivity contribution is 0.330. The second kappa shape index (κ2) is 10.9. The van der Waals surface area contributed by atoms with Crippen LogP contribution in [0.15, 0.2) is 65.1 Å². The van der Waals surface area contributed by atoms with Gasteiger partial charge in [0.2, 0.25) is 0 Å². The number of hydrogen-bond acceptors (Lipinski definition) is 2. The van der Waals surface area contributed by atoms with Gasteiger partial charge in [0.1, 0.15) is 0 Å². The molecule has 0 aliphatic heterocycles. The van der Waals surface area contributed by atoms with Crippen LogP contribution in [0.2, 0.25) is 0 Å². The van der Waals surface area contributed by atoms with E-state index in [1.54, 1.807) is 0 Å². The monoisotopic (exact) mass is 393 g/mol. The third kappa shape index (κ3) is 5.75. The average molecular weight is 394 g/mol. The van der Waals surface area contributed by atoms with Crippen molar-refractivity contribution in [3.8, 4) is 0 Å². The van der Waals surface area contributed by atoms with Crippen LogP contribution in [0.1, 0.15) is 64.0 Å². The maximum Gasteiger partial charge on any atom is 0.0199 e. The fourth-order valence-corrected chi connectivity index (χ4v) is 5.45. The van der Waals surface area contributed by atoms with E-state index in [0.29, 0.717) is 0 Å². The number of likely N-dealkylation sites (N-methyl/N-ethyl adjacent to an activating group) is 1. The molecule has 0 radical (unpaired) electrons. The Kier molecular flexibility index (Phi) is 8.24. The van der Waals surface area contributed by atoms with E-state index in [0.717, 1.165) is 24.9 Å². The highest BCUT2D eigenvalue weighted by molar-refractivity contribution is 8.00. The number of benzene rings is 2. The van der Waals surface area contributed by atoms with Crippen LogP contribution in [0.3, 0.4) is 0 Å². The van der Waals surface area contributed by atoms with Gasteiger partial charge in [-0.3, -0.25) is 4.90 Å². The Labute approximate surface area is 176 Å². The van der Waals surface area contributed by atoms with Crippen LogP contribution in [-0.4, -0.2) is 29.8 Å². The quantitative estimate of drug-likeness (QED) is 0.464. The molecule has 2 heteroatoms. The smallest absolute Gasteiger partial charge is 0.0199 e. The first-order chi connectivity index (χ1) is 13.7. The Balaban J connectivity index is 1.85. The molecule has 1 fully saturated rings. The van der Waals surface area contributed by atoms with E-state index in [-0.39, 0.29) is 0 Å². The summed E-state index contributed by atoms with van der Waals surface area (Å²) < 4.78 is 0. The molecule has 1 aliphatic rings. The van der Waals surface area contributed by atoms with Gasteiger partial charge in [-0.05, 0) is 61.7 Å². The van der Waals surface area contributed by atoms with Crippen molar-refractivity contribution in [2.45, 2.75) is 63.0 Å². The first-order valence-corrected chi connectivity index (χ1v) is 11.8. The van der Waals surface area contributed by atoms with Gasteiger partial charge >= 0.3 is 0 Å². The Morgan fingerprint density at radius 3 is 2.07 bits per heavy atom. The second-order valence-corrected chi connectivity index (χ2v) is 9.26. The molecule has 28 heavy (non-hydrogen) atoms. The summed E-state index contributed by atoms with van der Waals surface area (Å²) in [6.07, 6.45) is 6.99. The maximum atomic E-state index is 2.49. The van der Waals surface area contributed by atoms with E-state index in [9.17, 15) is 0 Å². The van der Waals surface area contributed by atoms with E-state index in [2.05, 4.69) is 92.0 Å². The minimum absolute atomic E-state index is 0.813. The van der Waals surface area contributed by atoms with Gasteiger partial charge in [0.25, 0.3) is 0 Å². The van der Waals surface area contributed by atoms with Crippen molar-refractivity contribution in [3.05, 3.63) is 71.3 Å². The molecule has 0 heterocycles. The molecule has 1 aliphatic carbocycles. The molecule has 2 aromatic carbocycles. The van der Waals surface area contributed by atoms with Crippen LogP contribution in [0.25, 0.3) is 5.57 Å². The van der Waals surface area contributed by atoms with Crippen LogP contribution in [0.5, 0.6) is 0 Å². The third-order valence-electron chi connectivity index (χ3n) is 5.84. The Morgan fingerprint density at radius 1 is 0.857 bits per heavy atom. The van der Waals surface area contributed by atoms with Gasteiger partial charge in [0.15, 0.2) is 0 Å². The molecule has 0 spiro atoms. The molecule has 0 saturated heterocycles. The molecule has 0 bridgehead atoms. The molecule has 0 unspecified atom stereocenters. The third-order valence-corrected chi connectivity index (χ3v) is 7.19. The van der Waals surface area contributed by atoms with Gasteiger partial charge in [-0.1, -0.05) is 81.1 Å². The molecule has 1 nitrogen and oxygen atoms in total. The number of hydrogen-bond donors (Lipinski definition) is 0. The summed E-state index contributed by atoms with van der Waals surface area (Å²) >= 11 is 2.08. The lowest BCUT2D eigenvalue weighted by Gasteiger charge is -2.22. The molecule has 1 saturated carbocycles. The minimum Gasteiger partial charge on any atom is -0.300 e. The Bertz CT molecular complexity index is 738. The first kappa shape index (κ1) is 21.2. The number of thioether (sulfide) groups is 1. The molecule has 0 aromatic heterocycles. The van der Waals surface area contributed by atoms with E-state index in [4.69, 9.17) is 0 Å².